The number of nitrogens with zero attached hydrogens (tertiary/aromatic N) is 5. The maximum Gasteiger partial charge on any atom is 0.247 e. The molecule has 1 aromatic heterocycles. The Morgan fingerprint density at radius 1 is 1.11 bits per heavy atom. The van der Waals surface area contributed by atoms with Gasteiger partial charge in [-0.1, -0.05) is 12.8 Å². The minimum Gasteiger partial charge on any atom is -0.355 e. The monoisotopic (exact) mass is 376 g/mol. The highest BCUT2D eigenvalue weighted by Crippen LogP contribution is 2.19. The maximum atomic E-state index is 12.6. The Kier molecular flexibility index (Phi) is 7.20. The minimum absolute atomic E-state index is 0.0872. The zero-order valence-corrected chi connectivity index (χ0v) is 16.3. The van der Waals surface area contributed by atoms with E-state index in [0.717, 1.165) is 39.0 Å². The molecular weight excluding hydrogens is 344 g/mol. The van der Waals surface area contributed by atoms with Gasteiger partial charge in [0.1, 0.15) is 18.7 Å². The van der Waals surface area contributed by atoms with Crippen LogP contribution < -0.4 is 5.32 Å². The quantitative estimate of drug-likeness (QED) is 0.803. The van der Waals surface area contributed by atoms with Crippen LogP contribution in [0.15, 0.2) is 12.7 Å². The summed E-state index contributed by atoms with van der Waals surface area (Å²) < 4.78 is 1.59. The van der Waals surface area contributed by atoms with Crippen LogP contribution in [0.3, 0.4) is 0 Å². The van der Waals surface area contributed by atoms with E-state index in [-0.39, 0.29) is 17.9 Å². The lowest BCUT2D eigenvalue weighted by Gasteiger charge is -2.33. The first kappa shape index (κ1) is 19.8. The maximum absolute atomic E-state index is 12.6. The van der Waals surface area contributed by atoms with Crippen molar-refractivity contribution in [1.82, 2.24) is 29.9 Å². The fourth-order valence-electron chi connectivity index (χ4n) is 3.96. The van der Waals surface area contributed by atoms with Crippen molar-refractivity contribution in [2.24, 2.45) is 5.92 Å². The second-order valence-electron chi connectivity index (χ2n) is 7.81. The number of amides is 2. The van der Waals surface area contributed by atoms with Crippen LogP contribution in [-0.4, -0.2) is 75.6 Å². The van der Waals surface area contributed by atoms with Crippen molar-refractivity contribution in [2.45, 2.75) is 51.5 Å². The summed E-state index contributed by atoms with van der Waals surface area (Å²) in [6, 6.07) is -0.322. The zero-order chi connectivity index (χ0) is 19.1. The highest BCUT2D eigenvalue weighted by atomic mass is 16.2. The van der Waals surface area contributed by atoms with Gasteiger partial charge in [0.2, 0.25) is 11.8 Å². The van der Waals surface area contributed by atoms with Crippen LogP contribution in [0.5, 0.6) is 0 Å². The number of aromatic nitrogens is 3. The third-order valence-electron chi connectivity index (χ3n) is 5.77. The molecule has 2 amide bonds. The number of carbonyl (C=O) groups is 2. The Hall–Kier alpha value is -1.96. The van der Waals surface area contributed by atoms with Gasteiger partial charge in [-0.15, -0.1) is 0 Å². The van der Waals surface area contributed by atoms with Gasteiger partial charge < -0.3 is 10.2 Å². The van der Waals surface area contributed by atoms with Gasteiger partial charge >= 0.3 is 0 Å². The molecule has 2 aliphatic rings. The Bertz CT molecular complexity index is 589. The van der Waals surface area contributed by atoms with E-state index in [4.69, 9.17) is 0 Å². The Balaban J connectivity index is 1.35. The first-order valence-corrected chi connectivity index (χ1v) is 10.3. The third-order valence-corrected chi connectivity index (χ3v) is 5.77. The van der Waals surface area contributed by atoms with Gasteiger partial charge in [-0.25, -0.2) is 9.67 Å². The average molecular weight is 377 g/mol. The van der Waals surface area contributed by atoms with E-state index >= 15 is 0 Å². The van der Waals surface area contributed by atoms with E-state index in [9.17, 15) is 9.59 Å². The summed E-state index contributed by atoms with van der Waals surface area (Å²) >= 11 is 0. The largest absolute Gasteiger partial charge is 0.355 e. The molecule has 1 aromatic rings. The number of rotatable bonds is 6. The van der Waals surface area contributed by atoms with Crippen LogP contribution in [0.25, 0.3) is 0 Å². The number of hydrogen-bond donors (Lipinski definition) is 1. The van der Waals surface area contributed by atoms with Gasteiger partial charge in [-0.3, -0.25) is 14.5 Å². The van der Waals surface area contributed by atoms with E-state index in [2.05, 4.69) is 20.3 Å². The number of nitrogens with one attached hydrogen (secondary N) is 1. The molecule has 0 bridgehead atoms. The predicted molar refractivity (Wildman–Crippen MR) is 102 cm³/mol. The smallest absolute Gasteiger partial charge is 0.247 e. The molecule has 0 aromatic carbocycles. The molecule has 1 unspecified atom stereocenters. The fraction of sp³-hybridized carbons (Fsp3) is 0.789. The number of hydrogen-bond acceptors (Lipinski definition) is 5. The van der Waals surface area contributed by atoms with Gasteiger partial charge in [0.05, 0.1) is 6.54 Å². The van der Waals surface area contributed by atoms with Crippen LogP contribution in [0.4, 0.5) is 0 Å². The molecule has 3 heterocycles. The summed E-state index contributed by atoms with van der Waals surface area (Å²) in [4.78, 5) is 32.9. The summed E-state index contributed by atoms with van der Waals surface area (Å²) in [5, 5.41) is 7.16. The summed E-state index contributed by atoms with van der Waals surface area (Å²) in [6.07, 6.45) is 9.86. The van der Waals surface area contributed by atoms with Gasteiger partial charge in [-0.05, 0) is 51.6 Å². The third kappa shape index (κ3) is 5.76. The fourth-order valence-corrected chi connectivity index (χ4v) is 3.96. The second kappa shape index (κ2) is 9.82. The number of carbonyl (C=O) groups excluding carboxylic acids is 2. The molecule has 2 saturated heterocycles. The first-order chi connectivity index (χ1) is 13.1. The topological polar surface area (TPSA) is 83.4 Å². The summed E-state index contributed by atoms with van der Waals surface area (Å²) in [7, 11) is 0. The number of likely N-dealkylation sites (tertiary alicyclic amines) is 2. The standard InChI is InChI=1S/C19H32N6O2/c1-16(25-15-20-14-22-25)19(27)24-10-6-17(7-11-24)12-21-18(26)13-23-8-4-2-3-5-9-23/h14-17H,2-13H2,1H3,(H,21,26). The molecular formula is C19H32N6O2. The van der Waals surface area contributed by atoms with Crippen LogP contribution in [-0.2, 0) is 9.59 Å². The molecule has 2 fully saturated rings. The highest BCUT2D eigenvalue weighted by molar-refractivity contribution is 5.80. The molecule has 1 atom stereocenters. The van der Waals surface area contributed by atoms with E-state index in [1.165, 1.54) is 32.0 Å². The van der Waals surface area contributed by atoms with Crippen LogP contribution >= 0.6 is 0 Å². The van der Waals surface area contributed by atoms with Crippen LogP contribution in [0.1, 0.15) is 51.5 Å². The molecule has 8 heteroatoms. The Morgan fingerprint density at radius 2 is 1.81 bits per heavy atom. The van der Waals surface area contributed by atoms with E-state index in [1.54, 1.807) is 11.0 Å². The second-order valence-corrected chi connectivity index (χ2v) is 7.81. The van der Waals surface area contributed by atoms with Crippen molar-refractivity contribution in [3.8, 4) is 0 Å². The van der Waals surface area contributed by atoms with Gasteiger partial charge in [0.15, 0.2) is 0 Å². The van der Waals surface area contributed by atoms with Crippen molar-refractivity contribution in [3.05, 3.63) is 12.7 Å². The van der Waals surface area contributed by atoms with E-state index in [1.807, 2.05) is 11.8 Å². The van der Waals surface area contributed by atoms with Gasteiger partial charge in [0, 0.05) is 19.6 Å². The molecule has 0 saturated carbocycles. The number of piperidine rings is 1. The molecule has 3 rings (SSSR count). The molecule has 1 N–H and O–H groups in total. The lowest BCUT2D eigenvalue weighted by atomic mass is 9.96. The Labute approximate surface area is 161 Å². The van der Waals surface area contributed by atoms with Crippen molar-refractivity contribution in [1.29, 1.82) is 0 Å². The van der Waals surface area contributed by atoms with E-state index in [0.29, 0.717) is 19.0 Å². The van der Waals surface area contributed by atoms with Crippen molar-refractivity contribution in [2.75, 3.05) is 39.3 Å². The summed E-state index contributed by atoms with van der Waals surface area (Å²) in [6.45, 7) is 6.65. The van der Waals surface area contributed by atoms with Gasteiger partial charge in [0.25, 0.3) is 0 Å². The zero-order valence-electron chi connectivity index (χ0n) is 16.3. The van der Waals surface area contributed by atoms with Crippen molar-refractivity contribution < 1.29 is 9.59 Å². The molecule has 2 aliphatic heterocycles. The lowest BCUT2D eigenvalue weighted by Crippen LogP contribution is -2.45. The summed E-state index contributed by atoms with van der Waals surface area (Å²) in [5.74, 6) is 0.670. The van der Waals surface area contributed by atoms with Crippen molar-refractivity contribution in [3.63, 3.8) is 0 Å². The summed E-state index contributed by atoms with van der Waals surface area (Å²) in [5.41, 5.74) is 0. The highest BCUT2D eigenvalue weighted by Gasteiger charge is 2.27. The molecule has 8 nitrogen and oxygen atoms in total. The SMILES string of the molecule is CC(C(=O)N1CCC(CNC(=O)CN2CCCCCC2)CC1)n1cncn1. The molecule has 0 radical (unpaired) electrons. The van der Waals surface area contributed by atoms with Gasteiger partial charge in [-0.2, -0.15) is 5.10 Å². The molecule has 0 spiro atoms. The first-order valence-electron chi connectivity index (χ1n) is 10.3. The Morgan fingerprint density at radius 3 is 2.44 bits per heavy atom. The lowest BCUT2D eigenvalue weighted by molar-refractivity contribution is -0.136. The normalized spacial score (nSPS) is 20.9. The predicted octanol–water partition coefficient (Wildman–Crippen LogP) is 1.07. The van der Waals surface area contributed by atoms with E-state index < -0.39 is 0 Å². The molecule has 150 valence electrons. The average Bonchev–Trinajstić information content (AvgIpc) is 3.11. The van der Waals surface area contributed by atoms with Crippen molar-refractivity contribution >= 4 is 11.8 Å². The minimum atomic E-state index is -0.322. The van der Waals surface area contributed by atoms with Crippen LogP contribution in [0.2, 0.25) is 0 Å². The van der Waals surface area contributed by atoms with Crippen LogP contribution in [0, 0.1) is 5.92 Å². The molecule has 27 heavy (non-hydrogen) atoms. The molecule has 0 aliphatic carbocycles.